The molecule has 2 aromatic rings. The summed E-state index contributed by atoms with van der Waals surface area (Å²) in [6, 6.07) is 0. The van der Waals surface area contributed by atoms with Gasteiger partial charge in [-0.25, -0.2) is 4.98 Å². The van der Waals surface area contributed by atoms with Gasteiger partial charge in [-0.3, -0.25) is 10.1 Å². The van der Waals surface area contributed by atoms with Crippen LogP contribution in [-0.4, -0.2) is 25.8 Å². The molecule has 1 fully saturated rings. The number of carbonyl (C=O) groups excluding carboxylic acids is 1. The van der Waals surface area contributed by atoms with E-state index >= 15 is 0 Å². The molecule has 2 atom stereocenters. The van der Waals surface area contributed by atoms with Gasteiger partial charge in [0.05, 0.1) is 6.33 Å². The molecule has 2 aromatic heterocycles. The molecular formula is C12H14ClN5O. The molecule has 0 spiro atoms. The Balaban J connectivity index is 1.83. The number of halogens is 1. The standard InChI is InChI=1S/C12H14ClN5O/c1-6-3-2-4-7(6)11(19)18-12-16-9(13)8-10(17-12)15-5-14-8/h5-7H,2-4H2,1H3,(H2,14,15,16,17,18,19). The quantitative estimate of drug-likeness (QED) is 0.827. The minimum atomic E-state index is -0.0315. The van der Waals surface area contributed by atoms with E-state index in [-0.39, 0.29) is 22.9 Å². The summed E-state index contributed by atoms with van der Waals surface area (Å²) in [6.45, 7) is 2.10. The fourth-order valence-electron chi connectivity index (χ4n) is 2.59. The average molecular weight is 280 g/mol. The van der Waals surface area contributed by atoms with E-state index in [0.717, 1.165) is 19.3 Å². The first-order valence-electron chi connectivity index (χ1n) is 6.32. The van der Waals surface area contributed by atoms with Gasteiger partial charge in [0.2, 0.25) is 11.9 Å². The molecule has 1 aliphatic carbocycles. The lowest BCUT2D eigenvalue weighted by Gasteiger charge is -2.14. The third-order valence-electron chi connectivity index (χ3n) is 3.67. The Kier molecular flexibility index (Phi) is 3.10. The summed E-state index contributed by atoms with van der Waals surface area (Å²) >= 11 is 6.00. The second kappa shape index (κ2) is 4.77. The van der Waals surface area contributed by atoms with E-state index in [2.05, 4.69) is 32.2 Å². The highest BCUT2D eigenvalue weighted by Crippen LogP contribution is 2.32. The molecule has 0 saturated heterocycles. The fourth-order valence-corrected chi connectivity index (χ4v) is 2.81. The van der Waals surface area contributed by atoms with Gasteiger partial charge in [0.25, 0.3) is 0 Å². The lowest BCUT2D eigenvalue weighted by Crippen LogP contribution is -2.25. The van der Waals surface area contributed by atoms with E-state index in [1.807, 2.05) is 0 Å². The molecule has 0 radical (unpaired) electrons. The summed E-state index contributed by atoms with van der Waals surface area (Å²) in [4.78, 5) is 27.2. The molecule has 2 heterocycles. The maximum absolute atomic E-state index is 12.1. The van der Waals surface area contributed by atoms with E-state index in [4.69, 9.17) is 11.6 Å². The molecule has 6 nitrogen and oxygen atoms in total. The van der Waals surface area contributed by atoms with Gasteiger partial charge in [-0.1, -0.05) is 24.9 Å². The van der Waals surface area contributed by atoms with Crippen LogP contribution in [0, 0.1) is 11.8 Å². The largest absolute Gasteiger partial charge is 0.341 e. The molecule has 2 unspecified atom stereocenters. The summed E-state index contributed by atoms with van der Waals surface area (Å²) in [6.07, 6.45) is 4.61. The molecule has 0 aliphatic heterocycles. The molecule has 2 N–H and O–H groups in total. The Morgan fingerprint density at radius 3 is 3.05 bits per heavy atom. The molecule has 0 bridgehead atoms. The lowest BCUT2D eigenvalue weighted by atomic mass is 9.97. The molecule has 1 aliphatic rings. The number of aromatic nitrogens is 4. The summed E-state index contributed by atoms with van der Waals surface area (Å²) in [5, 5.41) is 3.00. The molecule has 7 heteroatoms. The van der Waals surface area contributed by atoms with Gasteiger partial charge in [-0.05, 0) is 18.8 Å². The number of rotatable bonds is 2. The Bertz CT molecular complexity index is 626. The van der Waals surface area contributed by atoms with Crippen LogP contribution < -0.4 is 5.32 Å². The van der Waals surface area contributed by atoms with Crippen LogP contribution in [0.5, 0.6) is 0 Å². The molecule has 3 rings (SSSR count). The van der Waals surface area contributed by atoms with Gasteiger partial charge in [0.15, 0.2) is 10.8 Å². The first-order chi connectivity index (χ1) is 9.15. The molecule has 100 valence electrons. The van der Waals surface area contributed by atoms with Crippen molar-refractivity contribution in [1.82, 2.24) is 19.9 Å². The fraction of sp³-hybridized carbons (Fsp3) is 0.500. The maximum atomic E-state index is 12.1. The van der Waals surface area contributed by atoms with Crippen molar-refractivity contribution in [2.75, 3.05) is 5.32 Å². The highest BCUT2D eigenvalue weighted by Gasteiger charge is 2.30. The van der Waals surface area contributed by atoms with Crippen molar-refractivity contribution in [1.29, 1.82) is 0 Å². The van der Waals surface area contributed by atoms with Crippen LogP contribution in [-0.2, 0) is 4.79 Å². The second-order valence-electron chi connectivity index (χ2n) is 4.94. The molecule has 1 saturated carbocycles. The van der Waals surface area contributed by atoms with Crippen LogP contribution >= 0.6 is 11.6 Å². The molecular weight excluding hydrogens is 266 g/mol. The number of fused-ring (bicyclic) bond motifs is 1. The number of nitrogens with zero attached hydrogens (tertiary/aromatic N) is 3. The third-order valence-corrected chi connectivity index (χ3v) is 3.95. The van der Waals surface area contributed by atoms with E-state index in [1.165, 1.54) is 6.33 Å². The number of amides is 1. The number of anilines is 1. The van der Waals surface area contributed by atoms with Gasteiger partial charge in [0.1, 0.15) is 5.52 Å². The van der Waals surface area contributed by atoms with Gasteiger partial charge < -0.3 is 4.98 Å². The van der Waals surface area contributed by atoms with Gasteiger partial charge in [0, 0.05) is 5.92 Å². The van der Waals surface area contributed by atoms with Crippen LogP contribution in [0.3, 0.4) is 0 Å². The normalized spacial score (nSPS) is 22.8. The maximum Gasteiger partial charge on any atom is 0.233 e. The van der Waals surface area contributed by atoms with Crippen molar-refractivity contribution < 1.29 is 4.79 Å². The highest BCUT2D eigenvalue weighted by atomic mass is 35.5. The molecule has 19 heavy (non-hydrogen) atoms. The number of imidazole rings is 1. The zero-order valence-electron chi connectivity index (χ0n) is 10.5. The zero-order valence-corrected chi connectivity index (χ0v) is 11.2. The molecule has 1 amide bonds. The summed E-state index contributed by atoms with van der Waals surface area (Å²) < 4.78 is 0. The van der Waals surface area contributed by atoms with Crippen molar-refractivity contribution in [2.45, 2.75) is 26.2 Å². The highest BCUT2D eigenvalue weighted by molar-refractivity contribution is 6.33. The van der Waals surface area contributed by atoms with Crippen LogP contribution in [0.4, 0.5) is 5.95 Å². The van der Waals surface area contributed by atoms with Crippen LogP contribution in [0.2, 0.25) is 5.15 Å². The first-order valence-corrected chi connectivity index (χ1v) is 6.70. The monoisotopic (exact) mass is 279 g/mol. The number of aromatic amines is 1. The minimum Gasteiger partial charge on any atom is -0.341 e. The first kappa shape index (κ1) is 12.3. The number of hydrogen-bond donors (Lipinski definition) is 2. The Hall–Kier alpha value is -1.69. The summed E-state index contributed by atoms with van der Waals surface area (Å²) in [7, 11) is 0. The minimum absolute atomic E-state index is 0.0315. The van der Waals surface area contributed by atoms with Crippen molar-refractivity contribution in [3.8, 4) is 0 Å². The number of H-pyrrole nitrogens is 1. The van der Waals surface area contributed by atoms with Gasteiger partial charge in [-0.2, -0.15) is 9.97 Å². The SMILES string of the molecule is CC1CCCC1C(=O)Nc1nc(Cl)c2[nH]cnc2n1. The van der Waals surface area contributed by atoms with Crippen molar-refractivity contribution in [3.63, 3.8) is 0 Å². The lowest BCUT2D eigenvalue weighted by molar-refractivity contribution is -0.120. The van der Waals surface area contributed by atoms with Gasteiger partial charge in [-0.15, -0.1) is 0 Å². The summed E-state index contributed by atoms with van der Waals surface area (Å²) in [5.41, 5.74) is 1.03. The Labute approximate surface area is 115 Å². The third kappa shape index (κ3) is 2.28. The van der Waals surface area contributed by atoms with E-state index in [9.17, 15) is 4.79 Å². The van der Waals surface area contributed by atoms with Crippen molar-refractivity contribution in [2.24, 2.45) is 11.8 Å². The topological polar surface area (TPSA) is 83.6 Å². The predicted octanol–water partition coefficient (Wildman–Crippen LogP) is 2.38. The zero-order chi connectivity index (χ0) is 13.4. The van der Waals surface area contributed by atoms with Crippen molar-refractivity contribution >= 4 is 34.6 Å². The summed E-state index contributed by atoms with van der Waals surface area (Å²) in [5.74, 6) is 0.631. The molecule has 0 aromatic carbocycles. The smallest absolute Gasteiger partial charge is 0.233 e. The average Bonchev–Trinajstić information content (AvgIpc) is 2.97. The van der Waals surface area contributed by atoms with Crippen LogP contribution in [0.25, 0.3) is 11.2 Å². The second-order valence-corrected chi connectivity index (χ2v) is 5.30. The van der Waals surface area contributed by atoms with Crippen LogP contribution in [0.15, 0.2) is 6.33 Å². The van der Waals surface area contributed by atoms with E-state index in [0.29, 0.717) is 17.1 Å². The Morgan fingerprint density at radius 2 is 2.32 bits per heavy atom. The van der Waals surface area contributed by atoms with Crippen molar-refractivity contribution in [3.05, 3.63) is 11.5 Å². The number of hydrogen-bond acceptors (Lipinski definition) is 4. The van der Waals surface area contributed by atoms with E-state index < -0.39 is 0 Å². The van der Waals surface area contributed by atoms with E-state index in [1.54, 1.807) is 0 Å². The number of nitrogens with one attached hydrogen (secondary N) is 2. The Morgan fingerprint density at radius 1 is 1.47 bits per heavy atom. The predicted molar refractivity (Wildman–Crippen MR) is 71.8 cm³/mol. The number of carbonyl (C=O) groups is 1. The van der Waals surface area contributed by atoms with Crippen LogP contribution in [0.1, 0.15) is 26.2 Å². The van der Waals surface area contributed by atoms with Gasteiger partial charge >= 0.3 is 0 Å².